The van der Waals surface area contributed by atoms with Crippen LogP contribution in [0.3, 0.4) is 0 Å². The van der Waals surface area contributed by atoms with Crippen LogP contribution >= 0.6 is 11.6 Å². The molecular weight excluding hydrogens is 474 g/mol. The molecule has 3 aromatic carbocycles. The molecule has 3 rings (SSSR count). The molecule has 0 aliphatic heterocycles. The van der Waals surface area contributed by atoms with Crippen molar-refractivity contribution in [3.05, 3.63) is 85.1 Å². The molecule has 7 heteroatoms. The van der Waals surface area contributed by atoms with Crippen molar-refractivity contribution in [2.45, 2.75) is 70.9 Å². The van der Waals surface area contributed by atoms with E-state index in [0.717, 1.165) is 36.1 Å². The van der Waals surface area contributed by atoms with Crippen LogP contribution in [0, 0.1) is 0 Å². The van der Waals surface area contributed by atoms with Gasteiger partial charge in [-0.05, 0) is 55.2 Å². The number of unbranched alkanes of at least 4 members (excludes halogenated alkanes) is 5. The van der Waals surface area contributed by atoms with Crippen LogP contribution in [0.2, 0.25) is 5.02 Å². The highest BCUT2D eigenvalue weighted by Crippen LogP contribution is 2.22. The van der Waals surface area contributed by atoms with Crippen molar-refractivity contribution in [3.63, 3.8) is 0 Å². The van der Waals surface area contributed by atoms with E-state index in [2.05, 4.69) is 29.8 Å². The van der Waals surface area contributed by atoms with Gasteiger partial charge in [-0.25, -0.2) is 0 Å². The number of anilines is 3. The molecule has 0 aromatic heterocycles. The number of rotatable bonds is 16. The predicted octanol–water partition coefficient (Wildman–Crippen LogP) is 5.71. The minimum atomic E-state index is -0.627. The molecule has 0 saturated carbocycles. The van der Waals surface area contributed by atoms with E-state index in [-0.39, 0.29) is 6.04 Å². The largest absolute Gasteiger partial charge is 0.387 e. The fourth-order valence-electron chi connectivity index (χ4n) is 4.24. The number of hydrogen-bond donors (Lipinski definition) is 4. The first-order valence-corrected chi connectivity index (χ1v) is 13.4. The molecule has 6 nitrogen and oxygen atoms in total. The second-order valence-corrected chi connectivity index (χ2v) is 9.95. The van der Waals surface area contributed by atoms with Crippen molar-refractivity contribution in [3.8, 4) is 0 Å². The zero-order chi connectivity index (χ0) is 25.9. The lowest BCUT2D eigenvalue weighted by molar-refractivity contribution is 0.170. The van der Waals surface area contributed by atoms with Crippen LogP contribution in [-0.2, 0) is 6.42 Å². The van der Waals surface area contributed by atoms with Crippen molar-refractivity contribution < 1.29 is 5.11 Å². The molecule has 0 amide bonds. The molecule has 36 heavy (non-hydrogen) atoms. The van der Waals surface area contributed by atoms with Crippen molar-refractivity contribution in [2.75, 3.05) is 23.7 Å². The summed E-state index contributed by atoms with van der Waals surface area (Å²) in [6.07, 6.45) is 7.21. The Morgan fingerprint density at radius 1 is 0.917 bits per heavy atom. The molecule has 0 aliphatic carbocycles. The van der Waals surface area contributed by atoms with E-state index < -0.39 is 17.0 Å². The van der Waals surface area contributed by atoms with Crippen LogP contribution in [0.15, 0.2) is 58.1 Å². The first-order valence-electron chi connectivity index (χ1n) is 13.0. The highest BCUT2D eigenvalue weighted by atomic mass is 35.5. The van der Waals surface area contributed by atoms with Gasteiger partial charge in [-0.3, -0.25) is 9.59 Å². The van der Waals surface area contributed by atoms with Gasteiger partial charge in [0.15, 0.2) is 0 Å². The van der Waals surface area contributed by atoms with Gasteiger partial charge in [0.05, 0.1) is 6.10 Å². The average Bonchev–Trinajstić information content (AvgIpc) is 2.88. The average molecular weight is 512 g/mol. The molecule has 0 radical (unpaired) electrons. The summed E-state index contributed by atoms with van der Waals surface area (Å²) in [7, 11) is 0. The van der Waals surface area contributed by atoms with Crippen molar-refractivity contribution in [2.24, 2.45) is 0 Å². The number of benzene rings is 2. The third kappa shape index (κ3) is 8.19. The van der Waals surface area contributed by atoms with Gasteiger partial charge in [0.2, 0.25) is 0 Å². The molecule has 2 atom stereocenters. The molecule has 0 spiro atoms. The zero-order valence-electron chi connectivity index (χ0n) is 21.3. The summed E-state index contributed by atoms with van der Waals surface area (Å²) in [4.78, 5) is 24.1. The fourth-order valence-corrected chi connectivity index (χ4v) is 4.44. The van der Waals surface area contributed by atoms with Gasteiger partial charge in [0.25, 0.3) is 10.9 Å². The Balaban J connectivity index is 1.45. The molecule has 194 valence electrons. The van der Waals surface area contributed by atoms with Gasteiger partial charge in [-0.1, -0.05) is 74.9 Å². The topological polar surface area (TPSA) is 90.5 Å². The Bertz CT molecular complexity index is 1160. The number of halogens is 1. The normalized spacial score (nSPS) is 13.0. The molecule has 0 heterocycles. The molecule has 0 bridgehead atoms. The van der Waals surface area contributed by atoms with Gasteiger partial charge in [-0.15, -0.1) is 0 Å². The second kappa shape index (κ2) is 14.2. The SMILES string of the molecule is CCCCCCCCNc1c(Nc2ccc(CC(C)NC[C@@H](O)c3cccc(Cl)c3)cc2)c(=O)c1=O. The van der Waals surface area contributed by atoms with Gasteiger partial charge in [0.1, 0.15) is 11.4 Å². The summed E-state index contributed by atoms with van der Waals surface area (Å²) in [5.74, 6) is 0. The van der Waals surface area contributed by atoms with Crippen LogP contribution in [0.25, 0.3) is 0 Å². The number of hydrogen-bond acceptors (Lipinski definition) is 6. The van der Waals surface area contributed by atoms with Gasteiger partial charge in [0, 0.05) is 29.8 Å². The summed E-state index contributed by atoms with van der Waals surface area (Å²) < 4.78 is 0. The minimum absolute atomic E-state index is 0.156. The smallest absolute Gasteiger partial charge is 0.253 e. The second-order valence-electron chi connectivity index (χ2n) is 9.51. The number of aliphatic hydroxyl groups excluding tert-OH is 1. The lowest BCUT2D eigenvalue weighted by Gasteiger charge is -2.18. The maximum absolute atomic E-state index is 12.1. The molecule has 0 saturated heterocycles. The molecular formula is C29H38ClN3O3. The Labute approximate surface area is 218 Å². The Hall–Kier alpha value is -2.67. The van der Waals surface area contributed by atoms with Gasteiger partial charge < -0.3 is 21.1 Å². The van der Waals surface area contributed by atoms with E-state index in [1.807, 2.05) is 36.4 Å². The van der Waals surface area contributed by atoms with E-state index in [1.165, 1.54) is 25.7 Å². The molecule has 0 aliphatic rings. The van der Waals surface area contributed by atoms with Crippen molar-refractivity contribution in [1.82, 2.24) is 5.32 Å². The third-order valence-corrected chi connectivity index (χ3v) is 6.64. The highest BCUT2D eigenvalue weighted by Gasteiger charge is 2.20. The monoisotopic (exact) mass is 511 g/mol. The van der Waals surface area contributed by atoms with Gasteiger partial charge >= 0.3 is 0 Å². The maximum Gasteiger partial charge on any atom is 0.253 e. The predicted molar refractivity (Wildman–Crippen MR) is 151 cm³/mol. The molecule has 3 aromatic rings. The van der Waals surface area contributed by atoms with E-state index in [0.29, 0.717) is 29.5 Å². The molecule has 4 N–H and O–H groups in total. The maximum atomic E-state index is 12.1. The van der Waals surface area contributed by atoms with Crippen LogP contribution in [0.5, 0.6) is 0 Å². The first-order chi connectivity index (χ1) is 17.4. The lowest BCUT2D eigenvalue weighted by atomic mass is 10.1. The highest BCUT2D eigenvalue weighted by molar-refractivity contribution is 6.30. The van der Waals surface area contributed by atoms with Crippen LogP contribution < -0.4 is 26.8 Å². The van der Waals surface area contributed by atoms with Crippen LogP contribution in [-0.4, -0.2) is 24.2 Å². The third-order valence-electron chi connectivity index (χ3n) is 6.40. The Kier molecular flexibility index (Phi) is 11.0. The van der Waals surface area contributed by atoms with E-state index >= 15 is 0 Å². The summed E-state index contributed by atoms with van der Waals surface area (Å²) in [5.41, 5.74) is 2.52. The van der Waals surface area contributed by atoms with Crippen molar-refractivity contribution >= 4 is 28.7 Å². The standard InChI is InChI=1S/C29H38ClN3O3/c1-3-4-5-6-7-8-16-31-26-27(29(36)28(26)35)33-24-14-12-21(13-15-24)17-20(2)32-19-25(34)22-10-9-11-23(30)18-22/h9-15,18,20,25,31-34H,3-8,16-17,19H2,1-2H3/t20?,25-/m1/s1. The van der Waals surface area contributed by atoms with Crippen LogP contribution in [0.4, 0.5) is 17.1 Å². The summed E-state index contributed by atoms with van der Waals surface area (Å²) in [6.45, 7) is 5.40. The minimum Gasteiger partial charge on any atom is -0.387 e. The number of aliphatic hydroxyl groups is 1. The van der Waals surface area contributed by atoms with Gasteiger partial charge in [-0.2, -0.15) is 0 Å². The zero-order valence-corrected chi connectivity index (χ0v) is 22.0. The summed E-state index contributed by atoms with van der Waals surface area (Å²) >= 11 is 6.01. The summed E-state index contributed by atoms with van der Waals surface area (Å²) in [5, 5.41) is 20.6. The molecule has 1 unspecified atom stereocenters. The number of nitrogens with one attached hydrogen (secondary N) is 3. The summed E-state index contributed by atoms with van der Waals surface area (Å²) in [6, 6.07) is 15.2. The Morgan fingerprint density at radius 3 is 2.33 bits per heavy atom. The van der Waals surface area contributed by atoms with Crippen LogP contribution in [0.1, 0.15) is 69.6 Å². The lowest BCUT2D eigenvalue weighted by Crippen LogP contribution is -2.36. The Morgan fingerprint density at radius 2 is 1.61 bits per heavy atom. The quantitative estimate of drug-likeness (QED) is 0.145. The van der Waals surface area contributed by atoms with E-state index in [9.17, 15) is 14.7 Å². The van der Waals surface area contributed by atoms with E-state index in [4.69, 9.17) is 11.6 Å². The first kappa shape index (κ1) is 27.9. The fraction of sp³-hybridized carbons (Fsp3) is 0.448. The molecule has 0 fully saturated rings. The van der Waals surface area contributed by atoms with Crippen molar-refractivity contribution in [1.29, 1.82) is 0 Å². The van der Waals surface area contributed by atoms with E-state index in [1.54, 1.807) is 12.1 Å².